The molecular formula is C15H20ClFN2O3S. The van der Waals surface area contributed by atoms with Crippen LogP contribution in [0.2, 0.25) is 5.02 Å². The van der Waals surface area contributed by atoms with E-state index in [9.17, 15) is 17.6 Å². The Balaban J connectivity index is 1.99. The van der Waals surface area contributed by atoms with Crippen molar-refractivity contribution in [1.29, 1.82) is 0 Å². The summed E-state index contributed by atoms with van der Waals surface area (Å²) in [6.45, 7) is 0.768. The van der Waals surface area contributed by atoms with E-state index in [0.29, 0.717) is 31.5 Å². The van der Waals surface area contributed by atoms with Gasteiger partial charge in [0.15, 0.2) is 0 Å². The van der Waals surface area contributed by atoms with E-state index in [1.165, 1.54) is 27.6 Å². The van der Waals surface area contributed by atoms with Crippen LogP contribution >= 0.6 is 11.6 Å². The van der Waals surface area contributed by atoms with Crippen LogP contribution in [0, 0.1) is 11.7 Å². The van der Waals surface area contributed by atoms with E-state index in [1.807, 2.05) is 0 Å². The molecule has 1 fully saturated rings. The van der Waals surface area contributed by atoms with E-state index in [2.05, 4.69) is 0 Å². The Labute approximate surface area is 141 Å². The van der Waals surface area contributed by atoms with Gasteiger partial charge in [-0.05, 0) is 25.0 Å². The number of carbonyl (C=O) groups excluding carboxylic acids is 1. The molecule has 1 aromatic rings. The van der Waals surface area contributed by atoms with Gasteiger partial charge < -0.3 is 4.90 Å². The van der Waals surface area contributed by atoms with Crippen molar-refractivity contribution < 1.29 is 17.6 Å². The largest absolute Gasteiger partial charge is 0.341 e. The monoisotopic (exact) mass is 362 g/mol. The SMILES string of the molecule is CN(Cc1c(F)cccc1Cl)C(=O)C1CCN(S(C)(=O)=O)CC1. The molecule has 1 heterocycles. The van der Waals surface area contributed by atoms with Crippen LogP contribution in [0.4, 0.5) is 4.39 Å². The van der Waals surface area contributed by atoms with Crippen molar-refractivity contribution in [2.75, 3.05) is 26.4 Å². The minimum atomic E-state index is -3.21. The van der Waals surface area contributed by atoms with Gasteiger partial charge in [0.05, 0.1) is 6.26 Å². The summed E-state index contributed by atoms with van der Waals surface area (Å²) in [5.41, 5.74) is 0.290. The summed E-state index contributed by atoms with van der Waals surface area (Å²) in [7, 11) is -1.61. The minimum Gasteiger partial charge on any atom is -0.341 e. The molecule has 0 radical (unpaired) electrons. The first-order chi connectivity index (χ1) is 10.7. The van der Waals surface area contributed by atoms with Crippen LogP contribution in [0.25, 0.3) is 0 Å². The quantitative estimate of drug-likeness (QED) is 0.824. The molecule has 1 aliphatic rings. The maximum Gasteiger partial charge on any atom is 0.225 e. The molecule has 0 aliphatic carbocycles. The molecule has 1 saturated heterocycles. The van der Waals surface area contributed by atoms with Crippen molar-refractivity contribution in [3.05, 3.63) is 34.6 Å². The summed E-state index contributed by atoms with van der Waals surface area (Å²) in [5, 5.41) is 0.288. The molecule has 5 nitrogen and oxygen atoms in total. The Morgan fingerprint density at radius 2 is 2.00 bits per heavy atom. The Bertz CT molecular complexity index is 668. The Morgan fingerprint density at radius 3 is 2.52 bits per heavy atom. The van der Waals surface area contributed by atoms with Gasteiger partial charge in [-0.25, -0.2) is 17.1 Å². The van der Waals surface area contributed by atoms with Crippen molar-refractivity contribution in [2.45, 2.75) is 19.4 Å². The second kappa shape index (κ2) is 7.15. The summed E-state index contributed by atoms with van der Waals surface area (Å²) in [6.07, 6.45) is 2.12. The number of hydrogen-bond donors (Lipinski definition) is 0. The molecule has 1 aliphatic heterocycles. The van der Waals surface area contributed by atoms with Crippen molar-refractivity contribution in [2.24, 2.45) is 5.92 Å². The first kappa shape index (κ1) is 18.2. The lowest BCUT2D eigenvalue weighted by molar-refractivity contribution is -0.135. The van der Waals surface area contributed by atoms with Gasteiger partial charge >= 0.3 is 0 Å². The zero-order valence-electron chi connectivity index (χ0n) is 13.1. The van der Waals surface area contributed by atoms with E-state index in [4.69, 9.17) is 11.6 Å². The number of nitrogens with zero attached hydrogens (tertiary/aromatic N) is 2. The lowest BCUT2D eigenvalue weighted by Crippen LogP contribution is -2.43. The molecular weight excluding hydrogens is 343 g/mol. The number of rotatable bonds is 4. The van der Waals surface area contributed by atoms with Crippen molar-refractivity contribution in [1.82, 2.24) is 9.21 Å². The highest BCUT2D eigenvalue weighted by Gasteiger charge is 2.30. The van der Waals surface area contributed by atoms with E-state index in [-0.39, 0.29) is 23.4 Å². The van der Waals surface area contributed by atoms with Gasteiger partial charge in [-0.15, -0.1) is 0 Å². The number of benzene rings is 1. The predicted molar refractivity (Wildman–Crippen MR) is 87.0 cm³/mol. The molecule has 128 valence electrons. The predicted octanol–water partition coefficient (Wildman–Crippen LogP) is 2.11. The Morgan fingerprint density at radius 1 is 1.39 bits per heavy atom. The average molecular weight is 363 g/mol. The molecule has 0 atom stereocenters. The minimum absolute atomic E-state index is 0.0939. The van der Waals surface area contributed by atoms with Crippen LogP contribution in [0.15, 0.2) is 18.2 Å². The molecule has 1 aromatic carbocycles. The van der Waals surface area contributed by atoms with Gasteiger partial charge in [-0.3, -0.25) is 4.79 Å². The molecule has 0 saturated carbocycles. The van der Waals surface area contributed by atoms with Crippen LogP contribution in [0.3, 0.4) is 0 Å². The summed E-state index contributed by atoms with van der Waals surface area (Å²) in [5.74, 6) is -0.801. The molecule has 23 heavy (non-hydrogen) atoms. The second-order valence-corrected chi connectivity index (χ2v) is 8.22. The van der Waals surface area contributed by atoms with Crippen LogP contribution in [-0.2, 0) is 21.4 Å². The maximum atomic E-state index is 13.8. The number of sulfonamides is 1. The van der Waals surface area contributed by atoms with E-state index >= 15 is 0 Å². The summed E-state index contributed by atoms with van der Waals surface area (Å²) >= 11 is 5.98. The van der Waals surface area contributed by atoms with Gasteiger partial charge in [-0.1, -0.05) is 17.7 Å². The third-order valence-electron chi connectivity index (χ3n) is 4.11. The Hall–Kier alpha value is -1.18. The van der Waals surface area contributed by atoms with Gasteiger partial charge in [0.2, 0.25) is 15.9 Å². The first-order valence-corrected chi connectivity index (χ1v) is 9.55. The van der Waals surface area contributed by atoms with Gasteiger partial charge in [-0.2, -0.15) is 0 Å². The van der Waals surface area contributed by atoms with Crippen LogP contribution in [0.1, 0.15) is 18.4 Å². The van der Waals surface area contributed by atoms with Crippen LogP contribution < -0.4 is 0 Å². The van der Waals surface area contributed by atoms with E-state index in [0.717, 1.165) is 0 Å². The van der Waals surface area contributed by atoms with Crippen molar-refractivity contribution >= 4 is 27.5 Å². The molecule has 0 N–H and O–H groups in total. The zero-order chi connectivity index (χ0) is 17.2. The maximum absolute atomic E-state index is 13.8. The zero-order valence-corrected chi connectivity index (χ0v) is 14.7. The molecule has 1 amide bonds. The fourth-order valence-electron chi connectivity index (χ4n) is 2.74. The molecule has 0 aromatic heterocycles. The number of hydrogen-bond acceptors (Lipinski definition) is 3. The highest BCUT2D eigenvalue weighted by Crippen LogP contribution is 2.24. The standard InChI is InChI=1S/C15H20ClFN2O3S/c1-18(10-12-13(16)4-3-5-14(12)17)15(20)11-6-8-19(9-7-11)23(2,21)22/h3-5,11H,6-10H2,1-2H3. The van der Waals surface area contributed by atoms with Gasteiger partial charge in [0, 0.05) is 43.2 Å². The topological polar surface area (TPSA) is 57.7 Å². The fraction of sp³-hybridized carbons (Fsp3) is 0.533. The summed E-state index contributed by atoms with van der Waals surface area (Å²) in [4.78, 5) is 13.9. The van der Waals surface area contributed by atoms with E-state index < -0.39 is 15.8 Å². The van der Waals surface area contributed by atoms with Crippen molar-refractivity contribution in [3.63, 3.8) is 0 Å². The fourth-order valence-corrected chi connectivity index (χ4v) is 3.84. The smallest absolute Gasteiger partial charge is 0.225 e. The summed E-state index contributed by atoms with van der Waals surface area (Å²) < 4.78 is 38.2. The summed E-state index contributed by atoms with van der Waals surface area (Å²) in [6, 6.07) is 4.41. The normalized spacial score (nSPS) is 17.2. The van der Waals surface area contributed by atoms with E-state index in [1.54, 1.807) is 13.1 Å². The number of amides is 1. The molecule has 2 rings (SSSR count). The lowest BCUT2D eigenvalue weighted by atomic mass is 9.96. The number of carbonyl (C=O) groups is 1. The number of piperidine rings is 1. The first-order valence-electron chi connectivity index (χ1n) is 7.33. The average Bonchev–Trinajstić information content (AvgIpc) is 2.49. The van der Waals surface area contributed by atoms with Crippen molar-refractivity contribution in [3.8, 4) is 0 Å². The third-order valence-corrected chi connectivity index (χ3v) is 5.76. The highest BCUT2D eigenvalue weighted by atomic mass is 35.5. The lowest BCUT2D eigenvalue weighted by Gasteiger charge is -2.31. The van der Waals surface area contributed by atoms with Gasteiger partial charge in [0.1, 0.15) is 5.82 Å². The number of halogens is 2. The second-order valence-electron chi connectivity index (χ2n) is 5.83. The highest BCUT2D eigenvalue weighted by molar-refractivity contribution is 7.88. The molecule has 0 unspecified atom stereocenters. The van der Waals surface area contributed by atoms with Crippen LogP contribution in [-0.4, -0.2) is 49.9 Å². The van der Waals surface area contributed by atoms with Gasteiger partial charge in [0.25, 0.3) is 0 Å². The third kappa shape index (κ3) is 4.43. The molecule has 0 spiro atoms. The molecule has 8 heteroatoms. The van der Waals surface area contributed by atoms with Crippen LogP contribution in [0.5, 0.6) is 0 Å². The Kier molecular flexibility index (Phi) is 5.65. The molecule has 0 bridgehead atoms.